The minimum Gasteiger partial charge on any atom is -0.481 e. The summed E-state index contributed by atoms with van der Waals surface area (Å²) in [6, 6.07) is 1.68. The van der Waals surface area contributed by atoms with Crippen LogP contribution in [-0.4, -0.2) is 34.2 Å². The number of aliphatic carboxylic acids is 1. The predicted molar refractivity (Wildman–Crippen MR) is 72.3 cm³/mol. The first-order valence-electron chi connectivity index (χ1n) is 6.46. The second-order valence-electron chi connectivity index (χ2n) is 4.66. The lowest BCUT2D eigenvalue weighted by atomic mass is 9.96. The van der Waals surface area contributed by atoms with Gasteiger partial charge >= 0.3 is 5.97 Å². The van der Waals surface area contributed by atoms with Gasteiger partial charge in [-0.05, 0) is 12.3 Å². The lowest BCUT2D eigenvalue weighted by Gasteiger charge is -2.17. The number of ether oxygens (including phenoxy) is 1. The molecule has 1 aromatic rings. The summed E-state index contributed by atoms with van der Waals surface area (Å²) in [5.41, 5.74) is 0. The Balaban J connectivity index is 2.59. The molecule has 1 heterocycles. The van der Waals surface area contributed by atoms with Crippen LogP contribution in [0, 0.1) is 11.8 Å². The summed E-state index contributed by atoms with van der Waals surface area (Å²) >= 11 is 0. The van der Waals surface area contributed by atoms with Gasteiger partial charge in [0, 0.05) is 12.6 Å². The molecule has 0 saturated carbocycles. The molecule has 0 aromatic carbocycles. The van der Waals surface area contributed by atoms with Crippen molar-refractivity contribution in [3.8, 4) is 5.88 Å². The van der Waals surface area contributed by atoms with Gasteiger partial charge in [-0.15, -0.1) is 0 Å². The maximum atomic E-state index is 11.1. The number of carboxylic acids is 1. The van der Waals surface area contributed by atoms with Crippen LogP contribution in [0.15, 0.2) is 12.4 Å². The third-order valence-corrected chi connectivity index (χ3v) is 2.72. The maximum Gasteiger partial charge on any atom is 0.308 e. The number of carboxylic acid groups (broad SMARTS) is 1. The summed E-state index contributed by atoms with van der Waals surface area (Å²) in [5.74, 6) is -0.125. The van der Waals surface area contributed by atoms with Crippen LogP contribution < -0.4 is 10.1 Å². The normalized spacial score (nSPS) is 12.2. The van der Waals surface area contributed by atoms with E-state index in [0.29, 0.717) is 24.8 Å². The van der Waals surface area contributed by atoms with Gasteiger partial charge in [0.2, 0.25) is 5.88 Å². The molecule has 0 radical (unpaired) electrons. The highest BCUT2D eigenvalue weighted by atomic mass is 16.5. The van der Waals surface area contributed by atoms with Gasteiger partial charge in [0.05, 0.1) is 12.5 Å². The van der Waals surface area contributed by atoms with Gasteiger partial charge in [0.25, 0.3) is 0 Å². The van der Waals surface area contributed by atoms with Crippen LogP contribution >= 0.6 is 0 Å². The SMILES string of the molecule is CCCOc1cc(NCC(C(=O)O)C(C)C)ncn1. The highest BCUT2D eigenvalue weighted by Gasteiger charge is 2.21. The van der Waals surface area contributed by atoms with E-state index in [-0.39, 0.29) is 5.92 Å². The minimum absolute atomic E-state index is 0.0580. The van der Waals surface area contributed by atoms with Crippen molar-refractivity contribution in [1.82, 2.24) is 9.97 Å². The molecule has 2 N–H and O–H groups in total. The van der Waals surface area contributed by atoms with Gasteiger partial charge < -0.3 is 15.2 Å². The molecule has 106 valence electrons. The van der Waals surface area contributed by atoms with Crippen LogP contribution in [0.3, 0.4) is 0 Å². The van der Waals surface area contributed by atoms with Crippen LogP contribution in [0.5, 0.6) is 5.88 Å². The van der Waals surface area contributed by atoms with E-state index in [1.54, 1.807) is 6.07 Å². The van der Waals surface area contributed by atoms with Gasteiger partial charge in [-0.25, -0.2) is 9.97 Å². The number of aromatic nitrogens is 2. The van der Waals surface area contributed by atoms with Crippen molar-refractivity contribution in [3.05, 3.63) is 12.4 Å². The Morgan fingerprint density at radius 1 is 1.47 bits per heavy atom. The topological polar surface area (TPSA) is 84.3 Å². The number of hydrogen-bond donors (Lipinski definition) is 2. The van der Waals surface area contributed by atoms with Crippen LogP contribution in [-0.2, 0) is 4.79 Å². The summed E-state index contributed by atoms with van der Waals surface area (Å²) in [5, 5.41) is 12.1. The van der Waals surface area contributed by atoms with Crippen molar-refractivity contribution < 1.29 is 14.6 Å². The smallest absolute Gasteiger partial charge is 0.308 e. The lowest BCUT2D eigenvalue weighted by Crippen LogP contribution is -2.27. The van der Waals surface area contributed by atoms with Crippen molar-refractivity contribution in [2.24, 2.45) is 11.8 Å². The second kappa shape index (κ2) is 7.56. The third kappa shape index (κ3) is 5.11. The highest BCUT2D eigenvalue weighted by molar-refractivity contribution is 5.71. The number of rotatable bonds is 8. The highest BCUT2D eigenvalue weighted by Crippen LogP contribution is 2.15. The molecular formula is C13H21N3O3. The summed E-state index contributed by atoms with van der Waals surface area (Å²) in [6.07, 6.45) is 2.31. The van der Waals surface area contributed by atoms with E-state index >= 15 is 0 Å². The number of carbonyl (C=O) groups is 1. The lowest BCUT2D eigenvalue weighted by molar-refractivity contribution is -0.142. The average Bonchev–Trinajstić information content (AvgIpc) is 2.36. The first-order chi connectivity index (χ1) is 9.04. The van der Waals surface area contributed by atoms with Crippen LogP contribution in [0.4, 0.5) is 5.82 Å². The van der Waals surface area contributed by atoms with Crippen molar-refractivity contribution in [2.45, 2.75) is 27.2 Å². The van der Waals surface area contributed by atoms with Crippen molar-refractivity contribution in [3.63, 3.8) is 0 Å². The Kier molecular flexibility index (Phi) is 6.05. The molecule has 1 unspecified atom stereocenters. The number of anilines is 1. The van der Waals surface area contributed by atoms with E-state index in [0.717, 1.165) is 6.42 Å². The van der Waals surface area contributed by atoms with Crippen molar-refractivity contribution in [2.75, 3.05) is 18.5 Å². The fourth-order valence-corrected chi connectivity index (χ4v) is 1.54. The zero-order valence-corrected chi connectivity index (χ0v) is 11.6. The summed E-state index contributed by atoms with van der Waals surface area (Å²) in [4.78, 5) is 19.1. The molecule has 1 rings (SSSR count). The Morgan fingerprint density at radius 2 is 2.21 bits per heavy atom. The largest absolute Gasteiger partial charge is 0.481 e. The Morgan fingerprint density at radius 3 is 2.79 bits per heavy atom. The van der Waals surface area contributed by atoms with E-state index in [4.69, 9.17) is 9.84 Å². The van der Waals surface area contributed by atoms with Crippen molar-refractivity contribution in [1.29, 1.82) is 0 Å². The van der Waals surface area contributed by atoms with Gasteiger partial charge in [-0.2, -0.15) is 0 Å². The fourth-order valence-electron chi connectivity index (χ4n) is 1.54. The number of hydrogen-bond acceptors (Lipinski definition) is 5. The van der Waals surface area contributed by atoms with Gasteiger partial charge in [0.1, 0.15) is 12.1 Å². The molecule has 19 heavy (non-hydrogen) atoms. The molecule has 0 bridgehead atoms. The van der Waals surface area contributed by atoms with Crippen LogP contribution in [0.1, 0.15) is 27.2 Å². The molecule has 0 aliphatic heterocycles. The molecule has 0 fully saturated rings. The van der Waals surface area contributed by atoms with E-state index in [1.807, 2.05) is 20.8 Å². The standard InChI is InChI=1S/C13H21N3O3/c1-4-5-19-12-6-11(15-8-16-12)14-7-10(9(2)3)13(17)18/h6,8-10H,4-5,7H2,1-3H3,(H,17,18)(H,14,15,16). The van der Waals surface area contributed by atoms with Crippen molar-refractivity contribution >= 4 is 11.8 Å². The monoisotopic (exact) mass is 267 g/mol. The summed E-state index contributed by atoms with van der Waals surface area (Å²) in [6.45, 7) is 6.71. The summed E-state index contributed by atoms with van der Waals surface area (Å²) < 4.78 is 5.39. The Bertz CT molecular complexity index is 410. The Labute approximate surface area is 113 Å². The zero-order valence-electron chi connectivity index (χ0n) is 11.6. The minimum atomic E-state index is -0.806. The molecular weight excluding hydrogens is 246 g/mol. The molecule has 6 nitrogen and oxygen atoms in total. The van der Waals surface area contributed by atoms with Gasteiger partial charge in [0.15, 0.2) is 0 Å². The van der Waals surface area contributed by atoms with E-state index < -0.39 is 11.9 Å². The summed E-state index contributed by atoms with van der Waals surface area (Å²) in [7, 11) is 0. The average molecular weight is 267 g/mol. The van der Waals surface area contributed by atoms with Gasteiger partial charge in [-0.1, -0.05) is 20.8 Å². The Hall–Kier alpha value is -1.85. The number of nitrogens with zero attached hydrogens (tertiary/aromatic N) is 2. The first-order valence-corrected chi connectivity index (χ1v) is 6.46. The molecule has 0 aliphatic carbocycles. The molecule has 0 aliphatic rings. The molecule has 6 heteroatoms. The third-order valence-electron chi connectivity index (χ3n) is 2.72. The molecule has 0 spiro atoms. The first kappa shape index (κ1) is 15.2. The predicted octanol–water partition coefficient (Wildman–Crippen LogP) is 2.03. The molecule has 0 saturated heterocycles. The van der Waals surface area contributed by atoms with E-state index in [2.05, 4.69) is 15.3 Å². The van der Waals surface area contributed by atoms with Gasteiger partial charge in [-0.3, -0.25) is 4.79 Å². The molecule has 1 atom stereocenters. The van der Waals surface area contributed by atoms with Crippen LogP contribution in [0.2, 0.25) is 0 Å². The second-order valence-corrected chi connectivity index (χ2v) is 4.66. The molecule has 0 amide bonds. The molecule has 1 aromatic heterocycles. The van der Waals surface area contributed by atoms with E-state index in [1.165, 1.54) is 6.33 Å². The van der Waals surface area contributed by atoms with Crippen LogP contribution in [0.25, 0.3) is 0 Å². The number of nitrogens with one attached hydrogen (secondary N) is 1. The maximum absolute atomic E-state index is 11.1. The van der Waals surface area contributed by atoms with E-state index in [9.17, 15) is 4.79 Å². The fraction of sp³-hybridized carbons (Fsp3) is 0.615. The quantitative estimate of drug-likeness (QED) is 0.749. The zero-order chi connectivity index (χ0) is 14.3.